The molecule has 0 aromatic heterocycles. The van der Waals surface area contributed by atoms with E-state index in [4.69, 9.17) is 23.2 Å². The van der Waals surface area contributed by atoms with Gasteiger partial charge in [0.15, 0.2) is 15.0 Å². The Hall–Kier alpha value is -1.54. The number of aryl methyl sites for hydroxylation is 1. The van der Waals surface area contributed by atoms with Crippen molar-refractivity contribution in [2.24, 2.45) is 4.99 Å². The molecule has 1 amide bonds. The summed E-state index contributed by atoms with van der Waals surface area (Å²) in [6.45, 7) is 1.99. The van der Waals surface area contributed by atoms with E-state index in [-0.39, 0.29) is 35.1 Å². The Morgan fingerprint density at radius 2 is 1.79 bits per heavy atom. The van der Waals surface area contributed by atoms with Gasteiger partial charge < -0.3 is 4.90 Å². The maximum Gasteiger partial charge on any atom is 0.252 e. The third kappa shape index (κ3) is 4.33. The number of para-hydroxylation sites is 1. The molecule has 9 heteroatoms. The monoisotopic (exact) mass is 468 g/mol. The lowest BCUT2D eigenvalue weighted by Gasteiger charge is -2.26. The van der Waals surface area contributed by atoms with Crippen LogP contribution in [-0.4, -0.2) is 42.3 Å². The number of benzene rings is 2. The number of hydrogen-bond donors (Lipinski definition) is 0. The summed E-state index contributed by atoms with van der Waals surface area (Å²) in [4.78, 5) is 18.7. The highest BCUT2D eigenvalue weighted by Crippen LogP contribution is 2.45. The van der Waals surface area contributed by atoms with Crippen LogP contribution in [0.3, 0.4) is 0 Å². The Kier molecular flexibility index (Phi) is 5.68. The van der Waals surface area contributed by atoms with E-state index in [1.165, 1.54) is 11.8 Å². The third-order valence-electron chi connectivity index (χ3n) is 4.94. The summed E-state index contributed by atoms with van der Waals surface area (Å²) in [5.74, 6) is -0.268. The maximum atomic E-state index is 12.6. The van der Waals surface area contributed by atoms with Crippen LogP contribution in [-0.2, 0) is 21.1 Å². The fourth-order valence-electron chi connectivity index (χ4n) is 3.57. The SMILES string of the molecule is Cc1ccc(CC(=O)N=C2S[C@@H]3CS(=O)(=O)C[C@@H]3N2c2c(Cl)cccc2Cl)cc1. The third-order valence-corrected chi connectivity index (χ3v) is 8.76. The number of carbonyl (C=O) groups is 1. The summed E-state index contributed by atoms with van der Waals surface area (Å²) in [6.07, 6.45) is 0.169. The van der Waals surface area contributed by atoms with Crippen LogP contribution in [0.5, 0.6) is 0 Å². The first kappa shape index (κ1) is 20.7. The Labute approximate surface area is 184 Å². The molecule has 152 valence electrons. The molecule has 2 atom stereocenters. The molecule has 0 aliphatic carbocycles. The van der Waals surface area contributed by atoms with E-state index in [2.05, 4.69) is 4.99 Å². The van der Waals surface area contributed by atoms with E-state index in [0.717, 1.165) is 11.1 Å². The number of thioether (sulfide) groups is 1. The minimum atomic E-state index is -3.17. The molecule has 29 heavy (non-hydrogen) atoms. The van der Waals surface area contributed by atoms with Crippen molar-refractivity contribution in [3.8, 4) is 0 Å². The maximum absolute atomic E-state index is 12.6. The highest BCUT2D eigenvalue weighted by atomic mass is 35.5. The van der Waals surface area contributed by atoms with Gasteiger partial charge in [-0.15, -0.1) is 0 Å². The summed E-state index contributed by atoms with van der Waals surface area (Å²) in [5.41, 5.74) is 2.49. The molecular weight excluding hydrogens is 451 g/mol. The molecule has 4 rings (SSSR count). The normalized spacial score (nSPS) is 24.1. The molecule has 2 saturated heterocycles. The molecule has 2 aliphatic heterocycles. The lowest BCUT2D eigenvalue weighted by Crippen LogP contribution is -2.38. The van der Waals surface area contributed by atoms with Crippen molar-refractivity contribution in [3.05, 3.63) is 63.6 Å². The molecular formula is C20H18Cl2N2O3S2. The second-order valence-corrected chi connectivity index (χ2v) is 11.4. The van der Waals surface area contributed by atoms with Crippen LogP contribution in [0.25, 0.3) is 0 Å². The second-order valence-electron chi connectivity index (χ2n) is 7.19. The number of halogens is 2. The fourth-order valence-corrected chi connectivity index (χ4v) is 8.07. The van der Waals surface area contributed by atoms with Gasteiger partial charge in [0.25, 0.3) is 5.91 Å². The summed E-state index contributed by atoms with van der Waals surface area (Å²) in [5, 5.41) is 1.02. The largest absolute Gasteiger partial charge is 0.313 e. The van der Waals surface area contributed by atoms with Crippen molar-refractivity contribution in [1.29, 1.82) is 0 Å². The Bertz CT molecular complexity index is 1080. The number of hydrogen-bond acceptors (Lipinski definition) is 4. The number of fused-ring (bicyclic) bond motifs is 1. The van der Waals surface area contributed by atoms with E-state index in [0.29, 0.717) is 20.9 Å². The number of carbonyl (C=O) groups excluding carboxylic acids is 1. The average molecular weight is 469 g/mol. The number of nitrogens with zero attached hydrogens (tertiary/aromatic N) is 2. The van der Waals surface area contributed by atoms with Crippen LogP contribution in [0.4, 0.5) is 5.69 Å². The molecule has 0 bridgehead atoms. The summed E-state index contributed by atoms with van der Waals surface area (Å²) in [7, 11) is -3.17. The number of anilines is 1. The number of amidine groups is 1. The van der Waals surface area contributed by atoms with Crippen LogP contribution in [0.2, 0.25) is 10.0 Å². The topological polar surface area (TPSA) is 66.8 Å². The predicted octanol–water partition coefficient (Wildman–Crippen LogP) is 4.15. The van der Waals surface area contributed by atoms with Crippen LogP contribution < -0.4 is 4.90 Å². The van der Waals surface area contributed by atoms with Crippen molar-refractivity contribution < 1.29 is 13.2 Å². The fraction of sp³-hybridized carbons (Fsp3) is 0.300. The number of amides is 1. The minimum Gasteiger partial charge on any atom is -0.313 e. The second kappa shape index (κ2) is 7.95. The molecule has 0 N–H and O–H groups in total. The molecule has 5 nitrogen and oxygen atoms in total. The summed E-state index contributed by atoms with van der Waals surface area (Å²) >= 11 is 14.1. The van der Waals surface area contributed by atoms with Crippen LogP contribution >= 0.6 is 35.0 Å². The highest BCUT2D eigenvalue weighted by molar-refractivity contribution is 8.16. The van der Waals surface area contributed by atoms with Crippen molar-refractivity contribution in [2.45, 2.75) is 24.6 Å². The van der Waals surface area contributed by atoms with Crippen LogP contribution in [0.15, 0.2) is 47.5 Å². The van der Waals surface area contributed by atoms with Gasteiger partial charge in [-0.1, -0.05) is 70.9 Å². The molecule has 2 aliphatic rings. The van der Waals surface area contributed by atoms with Gasteiger partial charge in [0.1, 0.15) is 0 Å². The van der Waals surface area contributed by atoms with Crippen molar-refractivity contribution in [1.82, 2.24) is 0 Å². The number of sulfone groups is 1. The Morgan fingerprint density at radius 3 is 2.45 bits per heavy atom. The smallest absolute Gasteiger partial charge is 0.252 e. The standard InChI is InChI=1S/C20H18Cl2N2O3S2/c1-12-5-7-13(8-6-12)9-18(25)23-20-24(19-14(21)3-2-4-15(19)22)16-10-29(26,27)11-17(16)28-20/h2-8,16-17H,9-11H2,1H3/t16-,17+/m0/s1. The average Bonchev–Trinajstić information content (AvgIpc) is 3.09. The van der Waals surface area contributed by atoms with Crippen LogP contribution in [0.1, 0.15) is 11.1 Å². The number of rotatable bonds is 3. The van der Waals surface area contributed by atoms with Crippen molar-refractivity contribution >= 4 is 61.6 Å². The van der Waals surface area contributed by atoms with Gasteiger partial charge in [0, 0.05) is 5.25 Å². The van der Waals surface area contributed by atoms with Gasteiger partial charge >= 0.3 is 0 Å². The molecule has 0 unspecified atom stereocenters. The predicted molar refractivity (Wildman–Crippen MR) is 120 cm³/mol. The quantitative estimate of drug-likeness (QED) is 0.676. The molecule has 2 aromatic rings. The van der Waals surface area contributed by atoms with Gasteiger partial charge in [-0.3, -0.25) is 4.79 Å². The Morgan fingerprint density at radius 1 is 1.14 bits per heavy atom. The van der Waals surface area contributed by atoms with Crippen molar-refractivity contribution in [2.75, 3.05) is 16.4 Å². The lowest BCUT2D eigenvalue weighted by molar-refractivity contribution is -0.117. The van der Waals surface area contributed by atoms with Gasteiger partial charge in [-0.05, 0) is 24.6 Å². The van der Waals surface area contributed by atoms with E-state index in [1.807, 2.05) is 31.2 Å². The lowest BCUT2D eigenvalue weighted by atomic mass is 10.1. The molecule has 2 aromatic carbocycles. The first-order valence-corrected chi connectivity index (χ1v) is 12.5. The van der Waals surface area contributed by atoms with E-state index < -0.39 is 9.84 Å². The zero-order valence-electron chi connectivity index (χ0n) is 15.5. The van der Waals surface area contributed by atoms with Gasteiger partial charge in [-0.2, -0.15) is 4.99 Å². The minimum absolute atomic E-state index is 0.0165. The number of aliphatic imine (C=N–C) groups is 1. The molecule has 0 radical (unpaired) electrons. The zero-order valence-corrected chi connectivity index (χ0v) is 18.7. The van der Waals surface area contributed by atoms with Gasteiger partial charge in [0.05, 0.1) is 39.7 Å². The molecule has 2 heterocycles. The molecule has 2 fully saturated rings. The van der Waals surface area contributed by atoms with Gasteiger partial charge in [0.2, 0.25) is 0 Å². The summed E-state index contributed by atoms with van der Waals surface area (Å²) in [6, 6.07) is 12.5. The van der Waals surface area contributed by atoms with E-state index >= 15 is 0 Å². The van der Waals surface area contributed by atoms with Crippen LogP contribution in [0, 0.1) is 6.92 Å². The van der Waals surface area contributed by atoms with Gasteiger partial charge in [-0.25, -0.2) is 8.42 Å². The Balaban J connectivity index is 1.69. The van der Waals surface area contributed by atoms with E-state index in [9.17, 15) is 13.2 Å². The zero-order chi connectivity index (χ0) is 20.8. The highest BCUT2D eigenvalue weighted by Gasteiger charge is 2.50. The molecule has 0 spiro atoms. The first-order chi connectivity index (χ1) is 13.7. The van der Waals surface area contributed by atoms with Crippen molar-refractivity contribution in [3.63, 3.8) is 0 Å². The molecule has 0 saturated carbocycles. The first-order valence-electron chi connectivity index (χ1n) is 9.01. The van der Waals surface area contributed by atoms with E-state index in [1.54, 1.807) is 23.1 Å². The summed E-state index contributed by atoms with van der Waals surface area (Å²) < 4.78 is 24.4.